The zero-order chi connectivity index (χ0) is 21.8. The highest BCUT2D eigenvalue weighted by atomic mass is 32.2. The summed E-state index contributed by atoms with van der Waals surface area (Å²) in [6.07, 6.45) is 0. The Hall–Kier alpha value is -3.47. The van der Waals surface area contributed by atoms with Gasteiger partial charge >= 0.3 is 11.9 Å². The first kappa shape index (κ1) is 21.8. The topological polar surface area (TPSA) is 142 Å². The van der Waals surface area contributed by atoms with Crippen LogP contribution >= 0.6 is 0 Å². The lowest BCUT2D eigenvalue weighted by Crippen LogP contribution is -2.25. The fourth-order valence-electron chi connectivity index (χ4n) is 2.57. The summed E-state index contributed by atoms with van der Waals surface area (Å²) >= 11 is 0. The van der Waals surface area contributed by atoms with Gasteiger partial charge in [0.1, 0.15) is 0 Å². The van der Waals surface area contributed by atoms with Gasteiger partial charge in [-0.15, -0.1) is 0 Å². The number of ether oxygens (including phenoxy) is 2. The fraction of sp³-hybridized carbons (Fsp3) is 0.222. The second-order valence-electron chi connectivity index (χ2n) is 5.88. The van der Waals surface area contributed by atoms with Crippen molar-refractivity contribution in [2.75, 3.05) is 18.9 Å². The number of methoxy groups -OCH3 is 2. The Morgan fingerprint density at radius 3 is 2.17 bits per heavy atom. The van der Waals surface area contributed by atoms with E-state index in [4.69, 9.17) is 0 Å². The van der Waals surface area contributed by atoms with Crippen LogP contribution < -0.4 is 4.72 Å². The average Bonchev–Trinajstić information content (AvgIpc) is 2.69. The number of anilines is 1. The first-order valence-electron chi connectivity index (χ1n) is 8.14. The van der Waals surface area contributed by atoms with Crippen LogP contribution in [0.25, 0.3) is 0 Å². The highest BCUT2D eigenvalue weighted by Gasteiger charge is 2.37. The third-order valence-electron chi connectivity index (χ3n) is 4.08. The van der Waals surface area contributed by atoms with Gasteiger partial charge in [0.05, 0.1) is 35.3 Å². The van der Waals surface area contributed by atoms with Crippen molar-refractivity contribution in [2.24, 2.45) is 0 Å². The van der Waals surface area contributed by atoms with Crippen LogP contribution in [0.1, 0.15) is 17.0 Å². The third kappa shape index (κ3) is 4.69. The first-order valence-corrected chi connectivity index (χ1v) is 9.63. The molecular formula is C18H18N2O8S. The number of aryl methyl sites for hydroxylation is 1. The van der Waals surface area contributed by atoms with Gasteiger partial charge < -0.3 is 9.47 Å². The van der Waals surface area contributed by atoms with E-state index in [-0.39, 0.29) is 5.56 Å². The third-order valence-corrected chi connectivity index (χ3v) is 5.45. The van der Waals surface area contributed by atoms with Crippen LogP contribution in [-0.4, -0.2) is 39.5 Å². The lowest BCUT2D eigenvalue weighted by atomic mass is 9.97. The van der Waals surface area contributed by atoms with E-state index in [9.17, 15) is 28.1 Å². The molecule has 0 bridgehead atoms. The van der Waals surface area contributed by atoms with Crippen LogP contribution in [0.15, 0.2) is 47.4 Å². The summed E-state index contributed by atoms with van der Waals surface area (Å²) in [5, 5.41) is 11.5. The summed E-state index contributed by atoms with van der Waals surface area (Å²) in [4.78, 5) is 34.2. The van der Waals surface area contributed by atoms with Gasteiger partial charge in [0, 0.05) is 6.07 Å². The lowest BCUT2D eigenvalue weighted by molar-refractivity contribution is -0.385. The minimum absolute atomic E-state index is 0.307. The number of sulfonamides is 1. The molecule has 29 heavy (non-hydrogen) atoms. The van der Waals surface area contributed by atoms with Crippen molar-refractivity contribution in [3.8, 4) is 0 Å². The lowest BCUT2D eigenvalue weighted by Gasteiger charge is -2.14. The fourth-order valence-corrected chi connectivity index (χ4v) is 3.72. The molecule has 0 spiro atoms. The highest BCUT2D eigenvalue weighted by molar-refractivity contribution is 7.92. The first-order chi connectivity index (χ1) is 13.6. The van der Waals surface area contributed by atoms with E-state index in [2.05, 4.69) is 14.2 Å². The van der Waals surface area contributed by atoms with E-state index in [0.29, 0.717) is 11.3 Å². The molecule has 0 atom stereocenters. The highest BCUT2D eigenvalue weighted by Crippen LogP contribution is 2.32. The van der Waals surface area contributed by atoms with Gasteiger partial charge in [-0.3, -0.25) is 24.4 Å². The molecule has 0 aliphatic heterocycles. The van der Waals surface area contributed by atoms with Crippen LogP contribution in [0.5, 0.6) is 0 Å². The molecule has 154 valence electrons. The molecule has 10 nitrogen and oxygen atoms in total. The molecule has 0 aliphatic carbocycles. The van der Waals surface area contributed by atoms with Crippen LogP contribution in [0.4, 0.5) is 11.4 Å². The number of nitro benzene ring substituents is 1. The van der Waals surface area contributed by atoms with Crippen LogP contribution in [0.2, 0.25) is 0 Å². The summed E-state index contributed by atoms with van der Waals surface area (Å²) in [5.74, 6) is -3.88. The van der Waals surface area contributed by atoms with Crippen LogP contribution in [-0.2, 0) is 29.1 Å². The Kier molecular flexibility index (Phi) is 6.54. The van der Waals surface area contributed by atoms with Crippen molar-refractivity contribution in [1.29, 1.82) is 0 Å². The van der Waals surface area contributed by atoms with Crippen molar-refractivity contribution < 1.29 is 32.4 Å². The Bertz CT molecular complexity index is 1050. The SMILES string of the molecule is COC(=O)C(C(=O)OC)c1ccc(S(=O)(=O)Nc2ccccc2C)cc1[N+](=O)[O-]. The van der Waals surface area contributed by atoms with Gasteiger partial charge in [0.15, 0.2) is 5.92 Å². The summed E-state index contributed by atoms with van der Waals surface area (Å²) in [5.41, 5.74) is -0.123. The molecule has 0 saturated carbocycles. The quantitative estimate of drug-likeness (QED) is 0.309. The van der Waals surface area contributed by atoms with Gasteiger partial charge in [-0.05, 0) is 30.7 Å². The van der Waals surface area contributed by atoms with Gasteiger partial charge in [-0.1, -0.05) is 18.2 Å². The molecule has 0 amide bonds. The maximum atomic E-state index is 12.7. The van der Waals surface area contributed by atoms with Crippen molar-refractivity contribution in [2.45, 2.75) is 17.7 Å². The number of nitro groups is 1. The van der Waals surface area contributed by atoms with E-state index < -0.39 is 43.4 Å². The maximum Gasteiger partial charge on any atom is 0.324 e. The predicted octanol–water partition coefficient (Wildman–Crippen LogP) is 2.13. The number of carbonyl (C=O) groups is 2. The van der Waals surface area contributed by atoms with E-state index in [0.717, 1.165) is 32.4 Å². The molecule has 2 rings (SSSR count). The smallest absolute Gasteiger partial charge is 0.324 e. The van der Waals surface area contributed by atoms with Gasteiger partial charge in [-0.2, -0.15) is 0 Å². The van der Waals surface area contributed by atoms with Crippen molar-refractivity contribution in [1.82, 2.24) is 0 Å². The Morgan fingerprint density at radius 1 is 1.07 bits per heavy atom. The molecule has 0 unspecified atom stereocenters. The molecule has 0 aromatic heterocycles. The molecule has 0 saturated heterocycles. The maximum absolute atomic E-state index is 12.7. The predicted molar refractivity (Wildman–Crippen MR) is 102 cm³/mol. The van der Waals surface area contributed by atoms with Crippen LogP contribution in [0.3, 0.4) is 0 Å². The Morgan fingerprint density at radius 2 is 1.66 bits per heavy atom. The Balaban J connectivity index is 2.56. The van der Waals surface area contributed by atoms with Gasteiger partial charge in [0.25, 0.3) is 15.7 Å². The number of esters is 2. The minimum Gasteiger partial charge on any atom is -0.468 e. The number of nitrogens with zero attached hydrogens (tertiary/aromatic N) is 1. The van der Waals surface area contributed by atoms with Gasteiger partial charge in [0.2, 0.25) is 0 Å². The van der Waals surface area contributed by atoms with Gasteiger partial charge in [-0.25, -0.2) is 8.42 Å². The summed E-state index contributed by atoms with van der Waals surface area (Å²) in [6.45, 7) is 1.70. The van der Waals surface area contributed by atoms with E-state index >= 15 is 0 Å². The molecule has 0 heterocycles. The largest absolute Gasteiger partial charge is 0.468 e. The molecular weight excluding hydrogens is 404 g/mol. The summed E-state index contributed by atoms with van der Waals surface area (Å²) in [7, 11) is -2.15. The molecule has 0 aliphatic rings. The number of para-hydroxylation sites is 1. The molecule has 1 N–H and O–H groups in total. The number of carbonyl (C=O) groups excluding carboxylic acids is 2. The molecule has 0 fully saturated rings. The summed E-state index contributed by atoms with van der Waals surface area (Å²) in [6, 6.07) is 9.45. The standard InChI is InChI=1S/C18H18N2O8S/c1-11-6-4-5-7-14(11)19-29(25,26)12-8-9-13(15(10-12)20(23)24)16(17(21)27-2)18(22)28-3/h4-10,16,19H,1-3H3. The Labute approximate surface area is 166 Å². The molecule has 0 radical (unpaired) electrons. The number of hydrogen-bond acceptors (Lipinski definition) is 8. The zero-order valence-corrected chi connectivity index (χ0v) is 16.6. The number of benzene rings is 2. The molecule has 2 aromatic carbocycles. The van der Waals surface area contributed by atoms with Crippen LogP contribution in [0, 0.1) is 17.0 Å². The van der Waals surface area contributed by atoms with Crippen molar-refractivity contribution in [3.05, 3.63) is 63.7 Å². The number of nitrogens with one attached hydrogen (secondary N) is 1. The minimum atomic E-state index is -4.17. The van der Waals surface area contributed by atoms with E-state index in [1.807, 2.05) is 0 Å². The summed E-state index contributed by atoms with van der Waals surface area (Å²) < 4.78 is 36.7. The zero-order valence-electron chi connectivity index (χ0n) is 15.7. The second-order valence-corrected chi connectivity index (χ2v) is 7.56. The second kappa shape index (κ2) is 8.69. The monoisotopic (exact) mass is 422 g/mol. The van der Waals surface area contributed by atoms with Crippen molar-refractivity contribution >= 4 is 33.3 Å². The van der Waals surface area contributed by atoms with E-state index in [1.54, 1.807) is 31.2 Å². The number of hydrogen-bond donors (Lipinski definition) is 1. The normalized spacial score (nSPS) is 11.0. The molecule has 2 aromatic rings. The van der Waals surface area contributed by atoms with E-state index in [1.165, 1.54) is 0 Å². The number of rotatable bonds is 7. The molecule has 11 heteroatoms. The average molecular weight is 422 g/mol. The van der Waals surface area contributed by atoms with Crippen molar-refractivity contribution in [3.63, 3.8) is 0 Å².